The summed E-state index contributed by atoms with van der Waals surface area (Å²) in [7, 11) is 0. The Morgan fingerprint density at radius 2 is 2.23 bits per heavy atom. The first-order chi connectivity index (χ1) is 10.7. The number of carbonyl (C=O) groups is 1. The van der Waals surface area contributed by atoms with Gasteiger partial charge in [-0.25, -0.2) is 4.68 Å². The van der Waals surface area contributed by atoms with Crippen LogP contribution in [-0.2, 0) is 13.1 Å². The lowest BCUT2D eigenvalue weighted by atomic mass is 10.2. The van der Waals surface area contributed by atoms with Crippen molar-refractivity contribution >= 4 is 22.6 Å². The van der Waals surface area contributed by atoms with Crippen LogP contribution < -0.4 is 11.1 Å². The van der Waals surface area contributed by atoms with E-state index in [-0.39, 0.29) is 24.9 Å². The maximum atomic E-state index is 12.2. The van der Waals surface area contributed by atoms with Crippen LogP contribution in [0.3, 0.4) is 0 Å². The van der Waals surface area contributed by atoms with Crippen LogP contribution in [-0.4, -0.2) is 32.4 Å². The Hall–Kier alpha value is -2.80. The number of aromatic amines is 1. The number of nitrogens with zero attached hydrogens (tertiary/aromatic N) is 2. The van der Waals surface area contributed by atoms with Gasteiger partial charge in [-0.15, -0.1) is 0 Å². The fourth-order valence-corrected chi connectivity index (χ4v) is 2.39. The number of anilines is 1. The molecule has 2 heterocycles. The summed E-state index contributed by atoms with van der Waals surface area (Å²) in [4.78, 5) is 15.4. The molecule has 0 fully saturated rings. The molecule has 2 aromatic heterocycles. The molecule has 22 heavy (non-hydrogen) atoms. The van der Waals surface area contributed by atoms with Gasteiger partial charge in [0.15, 0.2) is 0 Å². The molecule has 7 heteroatoms. The minimum Gasteiger partial charge on any atom is -0.394 e. The summed E-state index contributed by atoms with van der Waals surface area (Å²) < 4.78 is 1.40. The quantitative estimate of drug-likeness (QED) is 0.560. The number of H-pyrrole nitrogens is 1. The number of carbonyl (C=O) groups excluding carboxylic acids is 1. The van der Waals surface area contributed by atoms with Gasteiger partial charge in [-0.05, 0) is 11.6 Å². The molecule has 0 spiro atoms. The van der Waals surface area contributed by atoms with E-state index in [9.17, 15) is 4.79 Å². The standard InChI is InChI=1S/C15H17N5O2/c16-14-12(9-19-20(14)5-6-21)15(22)18-8-10-7-17-13-4-2-1-3-11(10)13/h1-4,7,9,17,21H,5-6,8,16H2,(H,18,22). The Morgan fingerprint density at radius 1 is 1.41 bits per heavy atom. The van der Waals surface area contributed by atoms with E-state index in [0.29, 0.717) is 12.1 Å². The van der Waals surface area contributed by atoms with E-state index in [4.69, 9.17) is 10.8 Å². The van der Waals surface area contributed by atoms with Crippen molar-refractivity contribution in [3.63, 3.8) is 0 Å². The summed E-state index contributed by atoms with van der Waals surface area (Å²) in [6.45, 7) is 0.581. The van der Waals surface area contributed by atoms with Gasteiger partial charge in [-0.1, -0.05) is 18.2 Å². The number of hydrogen-bond acceptors (Lipinski definition) is 4. The first-order valence-electron chi connectivity index (χ1n) is 6.96. The van der Waals surface area contributed by atoms with Crippen LogP contribution in [0.25, 0.3) is 10.9 Å². The highest BCUT2D eigenvalue weighted by Gasteiger charge is 2.15. The van der Waals surface area contributed by atoms with Gasteiger partial charge in [-0.3, -0.25) is 4.79 Å². The van der Waals surface area contributed by atoms with Crippen molar-refractivity contribution < 1.29 is 9.90 Å². The Labute approximate surface area is 126 Å². The Kier molecular flexibility index (Phi) is 3.80. The van der Waals surface area contributed by atoms with Crippen molar-refractivity contribution in [2.24, 2.45) is 0 Å². The Balaban J connectivity index is 1.72. The second-order valence-electron chi connectivity index (χ2n) is 4.93. The zero-order chi connectivity index (χ0) is 15.5. The molecular formula is C15H17N5O2. The van der Waals surface area contributed by atoms with Crippen LogP contribution in [0.2, 0.25) is 0 Å². The maximum Gasteiger partial charge on any atom is 0.256 e. The van der Waals surface area contributed by atoms with E-state index < -0.39 is 0 Å². The highest BCUT2D eigenvalue weighted by Crippen LogP contribution is 2.18. The number of aliphatic hydroxyl groups excluding tert-OH is 1. The molecule has 5 N–H and O–H groups in total. The van der Waals surface area contributed by atoms with Crippen LogP contribution in [0.1, 0.15) is 15.9 Å². The summed E-state index contributed by atoms with van der Waals surface area (Å²) in [6.07, 6.45) is 3.29. The topological polar surface area (TPSA) is 109 Å². The number of hydrogen-bond donors (Lipinski definition) is 4. The van der Waals surface area contributed by atoms with Crippen LogP contribution in [0.4, 0.5) is 5.82 Å². The van der Waals surface area contributed by atoms with Crippen molar-refractivity contribution in [1.29, 1.82) is 0 Å². The predicted octanol–water partition coefficient (Wildman–Crippen LogP) is 0.869. The number of aromatic nitrogens is 3. The normalized spacial score (nSPS) is 11.0. The van der Waals surface area contributed by atoms with Gasteiger partial charge in [0.1, 0.15) is 11.4 Å². The van der Waals surface area contributed by atoms with Gasteiger partial charge in [0.2, 0.25) is 0 Å². The van der Waals surface area contributed by atoms with Crippen molar-refractivity contribution in [2.45, 2.75) is 13.1 Å². The molecule has 0 saturated carbocycles. The van der Waals surface area contributed by atoms with Gasteiger partial charge >= 0.3 is 0 Å². The minimum atomic E-state index is -0.285. The van der Waals surface area contributed by atoms with E-state index in [1.165, 1.54) is 10.9 Å². The van der Waals surface area contributed by atoms with E-state index >= 15 is 0 Å². The monoisotopic (exact) mass is 299 g/mol. The number of nitrogen functional groups attached to an aromatic ring is 1. The van der Waals surface area contributed by atoms with E-state index in [1.807, 2.05) is 30.5 Å². The molecule has 3 rings (SSSR count). The zero-order valence-electron chi connectivity index (χ0n) is 11.9. The number of benzene rings is 1. The van der Waals surface area contributed by atoms with Crippen molar-refractivity contribution in [3.8, 4) is 0 Å². The highest BCUT2D eigenvalue weighted by atomic mass is 16.3. The molecule has 1 amide bonds. The van der Waals surface area contributed by atoms with Gasteiger partial charge in [0.05, 0.1) is 19.3 Å². The number of nitrogens with one attached hydrogen (secondary N) is 2. The molecule has 0 atom stereocenters. The molecular weight excluding hydrogens is 282 g/mol. The lowest BCUT2D eigenvalue weighted by Gasteiger charge is -2.05. The van der Waals surface area contributed by atoms with Crippen molar-refractivity contribution in [2.75, 3.05) is 12.3 Å². The maximum absolute atomic E-state index is 12.2. The number of fused-ring (bicyclic) bond motifs is 1. The molecule has 0 aliphatic rings. The molecule has 0 unspecified atom stereocenters. The average Bonchev–Trinajstić information content (AvgIpc) is 3.10. The van der Waals surface area contributed by atoms with Crippen molar-refractivity contribution in [1.82, 2.24) is 20.1 Å². The van der Waals surface area contributed by atoms with Gasteiger partial charge in [0, 0.05) is 23.6 Å². The predicted molar refractivity (Wildman–Crippen MR) is 83.2 cm³/mol. The number of amides is 1. The van der Waals surface area contributed by atoms with E-state index in [0.717, 1.165) is 16.5 Å². The van der Waals surface area contributed by atoms with Gasteiger partial charge in [0.25, 0.3) is 5.91 Å². The second kappa shape index (κ2) is 5.90. The fourth-order valence-electron chi connectivity index (χ4n) is 2.39. The van der Waals surface area contributed by atoms with E-state index in [1.54, 1.807) is 0 Å². The van der Waals surface area contributed by atoms with Gasteiger partial charge in [-0.2, -0.15) is 5.10 Å². The number of nitrogens with two attached hydrogens (primary N) is 1. The molecule has 0 aliphatic heterocycles. The van der Waals surface area contributed by atoms with E-state index in [2.05, 4.69) is 15.4 Å². The SMILES string of the molecule is Nc1c(C(=O)NCc2c[nH]c3ccccc23)cnn1CCO. The van der Waals surface area contributed by atoms with Crippen LogP contribution in [0, 0.1) is 0 Å². The Morgan fingerprint density at radius 3 is 3.05 bits per heavy atom. The lowest BCUT2D eigenvalue weighted by molar-refractivity contribution is 0.0952. The summed E-state index contributed by atoms with van der Waals surface area (Å²) in [6, 6.07) is 7.90. The fraction of sp³-hybridized carbons (Fsp3) is 0.200. The molecule has 114 valence electrons. The molecule has 7 nitrogen and oxygen atoms in total. The smallest absolute Gasteiger partial charge is 0.256 e. The number of aliphatic hydroxyl groups is 1. The van der Waals surface area contributed by atoms with Crippen molar-refractivity contribution in [3.05, 3.63) is 47.8 Å². The first kappa shape index (κ1) is 14.2. The molecule has 0 aliphatic carbocycles. The molecule has 1 aromatic carbocycles. The van der Waals surface area contributed by atoms with Crippen LogP contribution in [0.5, 0.6) is 0 Å². The largest absolute Gasteiger partial charge is 0.394 e. The lowest BCUT2D eigenvalue weighted by Crippen LogP contribution is -2.23. The number of rotatable bonds is 5. The summed E-state index contributed by atoms with van der Waals surface area (Å²) >= 11 is 0. The Bertz CT molecular complexity index is 805. The highest BCUT2D eigenvalue weighted by molar-refractivity contribution is 5.98. The third-order valence-corrected chi connectivity index (χ3v) is 3.55. The molecule has 0 saturated heterocycles. The molecule has 3 aromatic rings. The third-order valence-electron chi connectivity index (χ3n) is 3.55. The van der Waals surface area contributed by atoms with Gasteiger partial charge < -0.3 is 21.1 Å². The average molecular weight is 299 g/mol. The van der Waals surface area contributed by atoms with Crippen LogP contribution in [0.15, 0.2) is 36.7 Å². The zero-order valence-corrected chi connectivity index (χ0v) is 11.9. The molecule has 0 radical (unpaired) electrons. The third kappa shape index (κ3) is 2.53. The minimum absolute atomic E-state index is 0.0811. The van der Waals surface area contributed by atoms with Crippen LogP contribution >= 0.6 is 0 Å². The second-order valence-corrected chi connectivity index (χ2v) is 4.93. The first-order valence-corrected chi connectivity index (χ1v) is 6.96. The summed E-state index contributed by atoms with van der Waals surface area (Å²) in [5.74, 6) is -0.0301. The molecule has 0 bridgehead atoms. The number of para-hydroxylation sites is 1. The summed E-state index contributed by atoms with van der Waals surface area (Å²) in [5.41, 5.74) is 8.20. The summed E-state index contributed by atoms with van der Waals surface area (Å²) in [5, 5.41) is 16.8.